The lowest BCUT2D eigenvalue weighted by Crippen LogP contribution is -2.29. The second-order valence-corrected chi connectivity index (χ2v) is 7.60. The Hall–Kier alpha value is -1.76. The zero-order chi connectivity index (χ0) is 15.5. The van der Waals surface area contributed by atoms with Crippen molar-refractivity contribution in [2.45, 2.75) is 19.1 Å². The molecule has 6 nitrogen and oxygen atoms in total. The van der Waals surface area contributed by atoms with E-state index in [9.17, 15) is 13.2 Å². The first-order chi connectivity index (χ1) is 9.15. The van der Waals surface area contributed by atoms with E-state index in [0.717, 1.165) is 0 Å². The number of carboxylic acids is 1. The van der Waals surface area contributed by atoms with Crippen molar-refractivity contribution in [2.24, 2.45) is 0 Å². The van der Waals surface area contributed by atoms with Crippen molar-refractivity contribution in [3.63, 3.8) is 0 Å². The molecular weight excluding hydrogens is 280 g/mol. The fourth-order valence-corrected chi connectivity index (χ4v) is 2.68. The van der Waals surface area contributed by atoms with E-state index < -0.39 is 21.1 Å². The van der Waals surface area contributed by atoms with Gasteiger partial charge in [0, 0.05) is 19.3 Å². The Balaban J connectivity index is 2.94. The van der Waals surface area contributed by atoms with Gasteiger partial charge in [0.15, 0.2) is 9.84 Å². The maximum absolute atomic E-state index is 11.8. The summed E-state index contributed by atoms with van der Waals surface area (Å²) in [6.07, 6.45) is 0. The van der Waals surface area contributed by atoms with Crippen LogP contribution >= 0.6 is 0 Å². The summed E-state index contributed by atoms with van der Waals surface area (Å²) in [5.74, 6) is -1.12. The molecule has 0 heterocycles. The van der Waals surface area contributed by atoms with E-state index in [2.05, 4.69) is 0 Å². The highest BCUT2D eigenvalue weighted by Gasteiger charge is 2.19. The molecule has 0 aliphatic heterocycles. The van der Waals surface area contributed by atoms with Gasteiger partial charge in [-0.05, 0) is 32.0 Å². The summed E-state index contributed by atoms with van der Waals surface area (Å²) in [6.45, 7) is 3.48. The van der Waals surface area contributed by atoms with Crippen LogP contribution in [0.15, 0.2) is 18.2 Å². The van der Waals surface area contributed by atoms with Crippen molar-refractivity contribution in [3.05, 3.63) is 23.8 Å². The number of carbonyl (C=O) groups is 1. The smallest absolute Gasteiger partial charge is 0.337 e. The van der Waals surface area contributed by atoms with E-state index >= 15 is 0 Å². The molecule has 0 bridgehead atoms. The molecule has 0 radical (unpaired) electrons. The normalized spacial score (nSPS) is 11.6. The highest BCUT2D eigenvalue weighted by Crippen LogP contribution is 2.22. The van der Waals surface area contributed by atoms with Crippen LogP contribution in [-0.2, 0) is 9.84 Å². The van der Waals surface area contributed by atoms with Gasteiger partial charge in [-0.15, -0.1) is 0 Å². The van der Waals surface area contributed by atoms with Gasteiger partial charge in [0.1, 0.15) is 0 Å². The predicted octanol–water partition coefficient (Wildman–Crippen LogP) is 1.23. The third-order valence-corrected chi connectivity index (χ3v) is 5.28. The summed E-state index contributed by atoms with van der Waals surface area (Å²) in [5, 5.41) is 8.71. The van der Waals surface area contributed by atoms with Gasteiger partial charge in [-0.3, -0.25) is 0 Å². The average Bonchev–Trinajstić information content (AvgIpc) is 2.35. The van der Waals surface area contributed by atoms with Crippen LogP contribution in [0, 0.1) is 0 Å². The highest BCUT2D eigenvalue weighted by atomic mass is 32.2. The highest BCUT2D eigenvalue weighted by molar-refractivity contribution is 7.92. The van der Waals surface area contributed by atoms with E-state index in [1.807, 2.05) is 0 Å². The summed E-state index contributed by atoms with van der Waals surface area (Å²) < 4.78 is 23.6. The maximum atomic E-state index is 11.8. The van der Waals surface area contributed by atoms with Crippen LogP contribution < -0.4 is 10.6 Å². The van der Waals surface area contributed by atoms with Crippen molar-refractivity contribution >= 4 is 27.2 Å². The Morgan fingerprint density at radius 1 is 1.40 bits per heavy atom. The second kappa shape index (κ2) is 6.13. The number of sulfone groups is 1. The molecule has 20 heavy (non-hydrogen) atoms. The number of hydrogen-bond donors (Lipinski definition) is 2. The van der Waals surface area contributed by atoms with Crippen molar-refractivity contribution in [1.82, 2.24) is 0 Å². The van der Waals surface area contributed by atoms with Gasteiger partial charge < -0.3 is 15.7 Å². The maximum Gasteiger partial charge on any atom is 0.337 e. The molecule has 0 fully saturated rings. The molecule has 0 atom stereocenters. The van der Waals surface area contributed by atoms with Crippen molar-refractivity contribution in [3.8, 4) is 0 Å². The molecule has 0 unspecified atom stereocenters. The minimum atomic E-state index is -3.16. The van der Waals surface area contributed by atoms with Gasteiger partial charge in [0.2, 0.25) is 0 Å². The van der Waals surface area contributed by atoms with E-state index in [0.29, 0.717) is 11.4 Å². The molecule has 0 amide bonds. The van der Waals surface area contributed by atoms with E-state index in [4.69, 9.17) is 10.8 Å². The number of hydrogen-bond acceptors (Lipinski definition) is 5. The zero-order valence-electron chi connectivity index (χ0n) is 11.8. The minimum Gasteiger partial charge on any atom is -0.478 e. The molecule has 7 heteroatoms. The van der Waals surface area contributed by atoms with Crippen molar-refractivity contribution < 1.29 is 18.3 Å². The Bertz CT molecular complexity index is 596. The average molecular weight is 300 g/mol. The van der Waals surface area contributed by atoms with Gasteiger partial charge in [0.25, 0.3) is 0 Å². The number of carboxylic acid groups (broad SMARTS) is 1. The van der Waals surface area contributed by atoms with Gasteiger partial charge in [0.05, 0.1) is 22.3 Å². The molecule has 112 valence electrons. The molecule has 0 aromatic heterocycles. The minimum absolute atomic E-state index is 0.0232. The summed E-state index contributed by atoms with van der Waals surface area (Å²) in [6, 6.07) is 4.54. The molecule has 1 aromatic rings. The molecule has 0 aliphatic carbocycles. The number of anilines is 2. The number of aromatic carboxylic acids is 1. The van der Waals surface area contributed by atoms with Gasteiger partial charge in [-0.2, -0.15) is 0 Å². The van der Waals surface area contributed by atoms with Crippen molar-refractivity contribution in [1.29, 1.82) is 0 Å². The lowest BCUT2D eigenvalue weighted by molar-refractivity contribution is 0.0697. The Morgan fingerprint density at radius 2 is 2.00 bits per heavy atom. The standard InChI is InChI=1S/C13H20N2O4S/c1-9(2)20(18,19)7-6-15(3)12-5-4-10(14)8-11(12)13(16)17/h4-5,8-9H,6-7,14H2,1-3H3,(H,16,17). The van der Waals surface area contributed by atoms with Crippen LogP contribution in [0.25, 0.3) is 0 Å². The van der Waals surface area contributed by atoms with Crippen LogP contribution in [0.5, 0.6) is 0 Å². The molecule has 0 saturated heterocycles. The van der Waals surface area contributed by atoms with Gasteiger partial charge in [-0.1, -0.05) is 0 Å². The summed E-state index contributed by atoms with van der Waals surface area (Å²) >= 11 is 0. The Morgan fingerprint density at radius 3 is 2.50 bits per heavy atom. The fourth-order valence-electron chi connectivity index (χ4n) is 1.68. The molecule has 3 N–H and O–H groups in total. The predicted molar refractivity (Wildman–Crippen MR) is 80.0 cm³/mol. The monoisotopic (exact) mass is 300 g/mol. The first-order valence-corrected chi connectivity index (χ1v) is 7.92. The number of nitrogens with two attached hydrogens (primary N) is 1. The Labute approximate surface area is 119 Å². The summed E-state index contributed by atoms with van der Waals surface area (Å²) in [4.78, 5) is 12.8. The third kappa shape index (κ3) is 3.86. The van der Waals surface area contributed by atoms with E-state index in [1.165, 1.54) is 6.07 Å². The summed E-state index contributed by atoms with van der Waals surface area (Å²) in [5.41, 5.74) is 6.44. The first kappa shape index (κ1) is 16.3. The van der Waals surface area contributed by atoms with Crippen LogP contribution in [0.4, 0.5) is 11.4 Å². The quantitative estimate of drug-likeness (QED) is 0.766. The molecule has 0 saturated carbocycles. The largest absolute Gasteiger partial charge is 0.478 e. The topological polar surface area (TPSA) is 101 Å². The molecule has 1 rings (SSSR count). The Kier molecular flexibility index (Phi) is 4.99. The van der Waals surface area contributed by atoms with Crippen LogP contribution in [0.1, 0.15) is 24.2 Å². The van der Waals surface area contributed by atoms with Crippen LogP contribution in [0.2, 0.25) is 0 Å². The lowest BCUT2D eigenvalue weighted by atomic mass is 10.1. The first-order valence-electron chi connectivity index (χ1n) is 6.20. The molecule has 0 aliphatic rings. The lowest BCUT2D eigenvalue weighted by Gasteiger charge is -2.22. The van der Waals surface area contributed by atoms with E-state index in [1.54, 1.807) is 37.9 Å². The van der Waals surface area contributed by atoms with Gasteiger partial charge in [-0.25, -0.2) is 13.2 Å². The van der Waals surface area contributed by atoms with Crippen molar-refractivity contribution in [2.75, 3.05) is 30.0 Å². The number of benzene rings is 1. The summed E-state index contributed by atoms with van der Waals surface area (Å²) in [7, 11) is -1.50. The number of nitrogen functional groups attached to an aromatic ring is 1. The van der Waals surface area contributed by atoms with Crippen LogP contribution in [-0.4, -0.2) is 44.1 Å². The van der Waals surface area contributed by atoms with Crippen LogP contribution in [0.3, 0.4) is 0 Å². The number of nitrogens with zero attached hydrogens (tertiary/aromatic N) is 1. The van der Waals surface area contributed by atoms with Gasteiger partial charge >= 0.3 is 5.97 Å². The SMILES string of the molecule is CC(C)S(=O)(=O)CCN(C)c1ccc(N)cc1C(=O)O. The third-order valence-electron chi connectivity index (χ3n) is 3.09. The second-order valence-electron chi connectivity index (χ2n) is 4.92. The molecule has 1 aromatic carbocycles. The fraction of sp³-hybridized carbons (Fsp3) is 0.462. The number of rotatable bonds is 6. The zero-order valence-corrected chi connectivity index (χ0v) is 12.6. The molecule has 0 spiro atoms. The van der Waals surface area contributed by atoms with E-state index in [-0.39, 0.29) is 17.9 Å². The molecular formula is C13H20N2O4S.